The summed E-state index contributed by atoms with van der Waals surface area (Å²) in [6.07, 6.45) is 5.09. The number of para-hydroxylation sites is 2. The number of ether oxygens (including phenoxy) is 1. The van der Waals surface area contributed by atoms with Gasteiger partial charge in [0.2, 0.25) is 5.91 Å². The lowest BCUT2D eigenvalue weighted by Crippen LogP contribution is -2.52. The summed E-state index contributed by atoms with van der Waals surface area (Å²) in [5, 5.41) is 3.16. The van der Waals surface area contributed by atoms with E-state index in [0.29, 0.717) is 50.4 Å². The van der Waals surface area contributed by atoms with Crippen LogP contribution in [0.2, 0.25) is 0 Å². The summed E-state index contributed by atoms with van der Waals surface area (Å²) in [6, 6.07) is 7.79. The minimum atomic E-state index is -0.356. The standard InChI is InChI=1S/C29H42N6O5/c1-20(2)34-25-8-4-5-9-26(25)35(28(34)38)27(37)30-22-18-23-10-11-24(19-22)33(23)14-7-17-40-29(39)32-13-6-12-31(15-16-32)21(3)36/h4-5,8-9,20,22-24H,6-7,10-19H2,1-3H3,(H,30,37)/t22-,23-,24+. The molecule has 0 spiro atoms. The summed E-state index contributed by atoms with van der Waals surface area (Å²) in [5.41, 5.74) is 1.09. The number of nitrogens with one attached hydrogen (secondary N) is 1. The van der Waals surface area contributed by atoms with Gasteiger partial charge in [0.05, 0.1) is 17.6 Å². The Morgan fingerprint density at radius 1 is 0.975 bits per heavy atom. The van der Waals surface area contributed by atoms with Crippen LogP contribution in [-0.2, 0) is 9.53 Å². The molecule has 4 heterocycles. The molecule has 40 heavy (non-hydrogen) atoms. The first-order valence-corrected chi connectivity index (χ1v) is 14.7. The predicted molar refractivity (Wildman–Crippen MR) is 151 cm³/mol. The molecule has 11 heteroatoms. The van der Waals surface area contributed by atoms with Crippen molar-refractivity contribution in [2.45, 2.75) is 83.5 Å². The van der Waals surface area contributed by atoms with E-state index in [0.717, 1.165) is 50.6 Å². The molecule has 3 atom stereocenters. The van der Waals surface area contributed by atoms with Gasteiger partial charge in [-0.3, -0.25) is 14.3 Å². The van der Waals surface area contributed by atoms with Crippen molar-refractivity contribution < 1.29 is 19.1 Å². The number of piperidine rings is 1. The van der Waals surface area contributed by atoms with Crippen LogP contribution in [0.15, 0.2) is 29.1 Å². The number of rotatable bonds is 6. The van der Waals surface area contributed by atoms with E-state index in [9.17, 15) is 19.2 Å². The second kappa shape index (κ2) is 12.0. The van der Waals surface area contributed by atoms with Crippen LogP contribution in [0.1, 0.15) is 65.3 Å². The van der Waals surface area contributed by atoms with Crippen molar-refractivity contribution in [3.8, 4) is 0 Å². The Morgan fingerprint density at radius 2 is 1.62 bits per heavy atom. The van der Waals surface area contributed by atoms with Crippen LogP contribution in [0.4, 0.5) is 9.59 Å². The zero-order chi connectivity index (χ0) is 28.4. The van der Waals surface area contributed by atoms with Crippen molar-refractivity contribution in [2.24, 2.45) is 0 Å². The molecule has 1 aromatic heterocycles. The lowest BCUT2D eigenvalue weighted by atomic mass is 9.97. The third-order valence-electron chi connectivity index (χ3n) is 8.70. The number of fused-ring (bicyclic) bond motifs is 3. The van der Waals surface area contributed by atoms with Crippen LogP contribution in [0.25, 0.3) is 11.0 Å². The molecular weight excluding hydrogens is 512 g/mol. The van der Waals surface area contributed by atoms with Gasteiger partial charge in [0.1, 0.15) is 0 Å². The molecule has 218 valence electrons. The highest BCUT2D eigenvalue weighted by Crippen LogP contribution is 2.35. The van der Waals surface area contributed by atoms with Crippen molar-refractivity contribution in [3.63, 3.8) is 0 Å². The number of nitrogens with zero attached hydrogens (tertiary/aromatic N) is 5. The fourth-order valence-electron chi connectivity index (χ4n) is 6.78. The molecule has 5 rings (SSSR count). The zero-order valence-corrected chi connectivity index (χ0v) is 23.9. The first-order chi connectivity index (χ1) is 19.2. The van der Waals surface area contributed by atoms with E-state index in [-0.39, 0.29) is 35.8 Å². The van der Waals surface area contributed by atoms with Crippen LogP contribution in [0.3, 0.4) is 0 Å². The Kier molecular flexibility index (Phi) is 8.48. The van der Waals surface area contributed by atoms with Crippen molar-refractivity contribution in [3.05, 3.63) is 34.7 Å². The number of amides is 3. The van der Waals surface area contributed by atoms with Gasteiger partial charge >= 0.3 is 17.8 Å². The number of carbonyl (C=O) groups is 3. The molecule has 1 N–H and O–H groups in total. The fourth-order valence-corrected chi connectivity index (χ4v) is 6.78. The van der Waals surface area contributed by atoms with Crippen LogP contribution in [0, 0.1) is 0 Å². The summed E-state index contributed by atoms with van der Waals surface area (Å²) in [4.78, 5) is 56.6. The average molecular weight is 555 g/mol. The average Bonchev–Trinajstić information content (AvgIpc) is 3.19. The molecule has 0 saturated carbocycles. The van der Waals surface area contributed by atoms with Crippen molar-refractivity contribution in [1.82, 2.24) is 29.2 Å². The van der Waals surface area contributed by atoms with Gasteiger partial charge in [-0.25, -0.2) is 19.0 Å². The third kappa shape index (κ3) is 5.75. The van der Waals surface area contributed by atoms with E-state index >= 15 is 0 Å². The van der Waals surface area contributed by atoms with Crippen LogP contribution in [0.5, 0.6) is 0 Å². The summed E-state index contributed by atoms with van der Waals surface area (Å²) in [6.45, 7) is 9.01. The van der Waals surface area contributed by atoms with E-state index in [1.54, 1.807) is 21.3 Å². The first-order valence-electron chi connectivity index (χ1n) is 14.7. The molecule has 1 aromatic carbocycles. The molecule has 2 aromatic rings. The van der Waals surface area contributed by atoms with E-state index in [4.69, 9.17) is 4.74 Å². The lowest BCUT2D eigenvalue weighted by molar-refractivity contribution is -0.128. The largest absolute Gasteiger partial charge is 0.449 e. The minimum Gasteiger partial charge on any atom is -0.449 e. The zero-order valence-electron chi connectivity index (χ0n) is 23.9. The molecule has 0 unspecified atom stereocenters. The summed E-state index contributed by atoms with van der Waals surface area (Å²) in [7, 11) is 0. The normalized spacial score (nSPS) is 23.4. The highest BCUT2D eigenvalue weighted by atomic mass is 16.6. The van der Waals surface area contributed by atoms with E-state index in [2.05, 4.69) is 10.2 Å². The van der Waals surface area contributed by atoms with E-state index < -0.39 is 0 Å². The van der Waals surface area contributed by atoms with Gasteiger partial charge in [-0.05, 0) is 64.5 Å². The molecule has 3 aliphatic rings. The van der Waals surface area contributed by atoms with Crippen LogP contribution >= 0.6 is 0 Å². The SMILES string of the molecule is CC(=O)N1CCCN(C(=O)OCCCN2[C@@H]3CC[C@H]2C[C@H](NC(=O)n2c(=O)n(C(C)C)c4ccccc42)C3)CC1. The number of imidazole rings is 1. The van der Waals surface area contributed by atoms with Gasteiger partial charge in [0, 0.05) is 63.8 Å². The minimum absolute atomic E-state index is 0.0183. The van der Waals surface area contributed by atoms with Crippen LogP contribution < -0.4 is 11.0 Å². The number of benzene rings is 1. The number of aromatic nitrogens is 2. The Bertz CT molecular complexity index is 1290. The Morgan fingerprint density at radius 3 is 2.30 bits per heavy atom. The van der Waals surface area contributed by atoms with Crippen molar-refractivity contribution >= 4 is 29.1 Å². The number of hydrogen-bond acceptors (Lipinski definition) is 6. The maximum absolute atomic E-state index is 13.3. The maximum Gasteiger partial charge on any atom is 0.409 e. The number of carbonyl (C=O) groups excluding carboxylic acids is 3. The second-order valence-corrected chi connectivity index (χ2v) is 11.6. The molecular formula is C29H42N6O5. The fraction of sp³-hybridized carbons (Fsp3) is 0.655. The van der Waals surface area contributed by atoms with Gasteiger partial charge < -0.3 is 19.9 Å². The quantitative estimate of drug-likeness (QED) is 0.550. The molecule has 3 fully saturated rings. The van der Waals surface area contributed by atoms with Crippen molar-refractivity contribution in [1.29, 1.82) is 0 Å². The Balaban J connectivity index is 1.11. The molecule has 2 bridgehead atoms. The van der Waals surface area contributed by atoms with Crippen molar-refractivity contribution in [2.75, 3.05) is 39.3 Å². The van der Waals surface area contributed by atoms with Gasteiger partial charge in [-0.1, -0.05) is 12.1 Å². The highest BCUT2D eigenvalue weighted by molar-refractivity contribution is 5.89. The second-order valence-electron chi connectivity index (χ2n) is 11.6. The molecule has 0 aliphatic carbocycles. The molecule has 0 radical (unpaired) electrons. The predicted octanol–water partition coefficient (Wildman–Crippen LogP) is 3.02. The maximum atomic E-state index is 13.3. The summed E-state index contributed by atoms with van der Waals surface area (Å²) < 4.78 is 8.51. The van der Waals surface area contributed by atoms with Gasteiger partial charge in [0.25, 0.3) is 0 Å². The Hall–Kier alpha value is -3.34. The first kappa shape index (κ1) is 28.2. The lowest BCUT2D eigenvalue weighted by Gasteiger charge is -2.39. The molecule has 11 nitrogen and oxygen atoms in total. The molecule has 3 saturated heterocycles. The van der Waals surface area contributed by atoms with Crippen LogP contribution in [-0.4, -0.2) is 99.3 Å². The topological polar surface area (TPSA) is 109 Å². The van der Waals surface area contributed by atoms with Gasteiger partial charge in [0.15, 0.2) is 0 Å². The third-order valence-corrected chi connectivity index (χ3v) is 8.70. The summed E-state index contributed by atoms with van der Waals surface area (Å²) >= 11 is 0. The molecule has 3 aliphatic heterocycles. The summed E-state index contributed by atoms with van der Waals surface area (Å²) in [5.74, 6) is 0.0424. The monoisotopic (exact) mass is 554 g/mol. The highest BCUT2D eigenvalue weighted by Gasteiger charge is 2.41. The Labute approximate surface area is 235 Å². The van der Waals surface area contributed by atoms with Gasteiger partial charge in [-0.15, -0.1) is 0 Å². The smallest absolute Gasteiger partial charge is 0.409 e. The molecule has 3 amide bonds. The van der Waals surface area contributed by atoms with E-state index in [1.165, 1.54) is 4.57 Å². The van der Waals surface area contributed by atoms with Gasteiger partial charge in [-0.2, -0.15) is 0 Å². The number of hydrogen-bond donors (Lipinski definition) is 1. The van der Waals surface area contributed by atoms with E-state index in [1.807, 2.05) is 38.1 Å².